The van der Waals surface area contributed by atoms with Gasteiger partial charge in [0.15, 0.2) is 5.56 Å². The number of hydrogen-bond acceptors (Lipinski definition) is 5. The number of carbonyl (C=O) groups is 2. The molecule has 0 aliphatic heterocycles. The number of aromatic carboxylic acids is 1. The molecular formula is C16H11ClN2O4S. The van der Waals surface area contributed by atoms with Crippen molar-refractivity contribution in [3.8, 4) is 11.3 Å². The summed E-state index contributed by atoms with van der Waals surface area (Å²) in [6.45, 7) is 0. The monoisotopic (exact) mass is 362 g/mol. The Hall–Kier alpha value is -2.64. The van der Waals surface area contributed by atoms with Crippen molar-refractivity contribution >= 4 is 40.7 Å². The third-order valence-electron chi connectivity index (χ3n) is 3.26. The molecule has 2 heterocycles. The van der Waals surface area contributed by atoms with E-state index in [4.69, 9.17) is 16.1 Å². The van der Waals surface area contributed by atoms with Gasteiger partial charge in [-0.1, -0.05) is 35.5 Å². The summed E-state index contributed by atoms with van der Waals surface area (Å²) in [4.78, 5) is 23.8. The highest BCUT2D eigenvalue weighted by Crippen LogP contribution is 2.31. The number of thiophene rings is 1. The van der Waals surface area contributed by atoms with Gasteiger partial charge in [-0.25, -0.2) is 4.79 Å². The van der Waals surface area contributed by atoms with Gasteiger partial charge < -0.3 is 9.63 Å². The highest BCUT2D eigenvalue weighted by Gasteiger charge is 2.27. The molecule has 1 atom stereocenters. The third-order valence-corrected chi connectivity index (χ3v) is 4.39. The quantitative estimate of drug-likeness (QED) is 0.669. The molecule has 0 aliphatic carbocycles. The molecular weight excluding hydrogens is 352 g/mol. The van der Waals surface area contributed by atoms with Crippen LogP contribution < -0.4 is 5.32 Å². The molecule has 0 aliphatic rings. The second-order valence-electron chi connectivity index (χ2n) is 4.81. The number of halogens is 1. The summed E-state index contributed by atoms with van der Waals surface area (Å²) >= 11 is 7.52. The Labute approximate surface area is 145 Å². The zero-order chi connectivity index (χ0) is 17.1. The number of alkyl halides is 1. The first-order valence-corrected chi connectivity index (χ1v) is 8.21. The van der Waals surface area contributed by atoms with E-state index in [2.05, 4.69) is 10.5 Å². The van der Waals surface area contributed by atoms with E-state index in [1.165, 1.54) is 11.3 Å². The van der Waals surface area contributed by atoms with Crippen LogP contribution in [0.4, 0.5) is 5.88 Å². The number of nitrogens with one attached hydrogen (secondary N) is 1. The lowest BCUT2D eigenvalue weighted by Crippen LogP contribution is -2.18. The number of rotatable bonds is 5. The van der Waals surface area contributed by atoms with Gasteiger partial charge in [-0.3, -0.25) is 10.1 Å². The standard InChI is InChI=1S/C16H11ClN2O4S/c17-12(9-4-2-1-3-5-9)14(20)18-15-11(16(21)22)13(19-23-15)10-6-7-24-8-10/h1-8,12H,(H,18,20)(H,21,22). The number of carboxylic acid groups (broad SMARTS) is 1. The molecule has 0 spiro atoms. The van der Waals surface area contributed by atoms with Crippen molar-refractivity contribution in [2.75, 3.05) is 5.32 Å². The van der Waals surface area contributed by atoms with Gasteiger partial charge in [0.05, 0.1) is 0 Å². The van der Waals surface area contributed by atoms with E-state index in [9.17, 15) is 14.7 Å². The number of aromatic nitrogens is 1. The van der Waals surface area contributed by atoms with Gasteiger partial charge in [0, 0.05) is 10.9 Å². The lowest BCUT2D eigenvalue weighted by Gasteiger charge is -2.09. The van der Waals surface area contributed by atoms with Crippen LogP contribution in [0.25, 0.3) is 11.3 Å². The molecule has 24 heavy (non-hydrogen) atoms. The molecule has 0 radical (unpaired) electrons. The summed E-state index contributed by atoms with van der Waals surface area (Å²) in [5.41, 5.74) is 1.14. The molecule has 1 aromatic carbocycles. The van der Waals surface area contributed by atoms with Gasteiger partial charge in [0.25, 0.3) is 0 Å². The minimum absolute atomic E-state index is 0.157. The Bertz CT molecular complexity index is 862. The largest absolute Gasteiger partial charge is 0.477 e. The van der Waals surface area contributed by atoms with Crippen LogP contribution in [0.1, 0.15) is 21.3 Å². The average molecular weight is 363 g/mol. The Morgan fingerprint density at radius 2 is 2.00 bits per heavy atom. The van der Waals surface area contributed by atoms with Crippen molar-refractivity contribution in [1.29, 1.82) is 0 Å². The van der Waals surface area contributed by atoms with Crippen LogP contribution in [-0.4, -0.2) is 22.1 Å². The minimum atomic E-state index is -1.25. The summed E-state index contributed by atoms with van der Waals surface area (Å²) in [7, 11) is 0. The molecule has 0 saturated heterocycles. The van der Waals surface area contributed by atoms with Gasteiger partial charge in [0.2, 0.25) is 11.8 Å². The number of carboxylic acids is 1. The lowest BCUT2D eigenvalue weighted by atomic mass is 10.1. The number of amides is 1. The number of carbonyl (C=O) groups excluding carboxylic acids is 1. The molecule has 122 valence electrons. The topological polar surface area (TPSA) is 92.4 Å². The van der Waals surface area contributed by atoms with Crippen LogP contribution in [0.2, 0.25) is 0 Å². The molecule has 0 saturated carbocycles. The predicted octanol–water partition coefficient (Wildman–Crippen LogP) is 4.02. The molecule has 0 fully saturated rings. The summed E-state index contributed by atoms with van der Waals surface area (Å²) in [5, 5.41) is 18.1. The van der Waals surface area contributed by atoms with Gasteiger partial charge in [-0.15, -0.1) is 11.6 Å². The number of anilines is 1. The van der Waals surface area contributed by atoms with E-state index >= 15 is 0 Å². The molecule has 8 heteroatoms. The molecule has 3 aromatic rings. The summed E-state index contributed by atoms with van der Waals surface area (Å²) in [6, 6.07) is 10.4. The fourth-order valence-corrected chi connectivity index (χ4v) is 2.96. The second kappa shape index (κ2) is 6.86. The van der Waals surface area contributed by atoms with Crippen LogP contribution in [0.5, 0.6) is 0 Å². The van der Waals surface area contributed by atoms with Crippen molar-refractivity contribution in [2.24, 2.45) is 0 Å². The van der Waals surface area contributed by atoms with Crippen LogP contribution >= 0.6 is 22.9 Å². The van der Waals surface area contributed by atoms with Crippen molar-refractivity contribution in [3.63, 3.8) is 0 Å². The van der Waals surface area contributed by atoms with Gasteiger partial charge in [0.1, 0.15) is 11.1 Å². The van der Waals surface area contributed by atoms with E-state index in [0.717, 1.165) is 0 Å². The lowest BCUT2D eigenvalue weighted by molar-refractivity contribution is -0.116. The second-order valence-corrected chi connectivity index (χ2v) is 6.03. The first-order chi connectivity index (χ1) is 11.6. The molecule has 1 unspecified atom stereocenters. The molecule has 6 nitrogen and oxygen atoms in total. The zero-order valence-corrected chi connectivity index (χ0v) is 13.7. The van der Waals surface area contributed by atoms with E-state index in [0.29, 0.717) is 11.1 Å². The van der Waals surface area contributed by atoms with Gasteiger partial charge in [-0.05, 0) is 17.0 Å². The molecule has 1 amide bonds. The van der Waals surface area contributed by atoms with Gasteiger partial charge in [-0.2, -0.15) is 11.3 Å². The van der Waals surface area contributed by atoms with E-state index in [-0.39, 0.29) is 17.1 Å². The fourth-order valence-electron chi connectivity index (χ4n) is 2.12. The van der Waals surface area contributed by atoms with E-state index in [1.54, 1.807) is 47.2 Å². The highest BCUT2D eigenvalue weighted by atomic mass is 35.5. The average Bonchev–Trinajstić information content (AvgIpc) is 3.23. The Morgan fingerprint density at radius 1 is 1.25 bits per heavy atom. The Kier molecular flexibility index (Phi) is 4.64. The van der Waals surface area contributed by atoms with E-state index in [1.807, 2.05) is 0 Å². The minimum Gasteiger partial charge on any atom is -0.477 e. The zero-order valence-electron chi connectivity index (χ0n) is 12.1. The maximum absolute atomic E-state index is 12.3. The fraction of sp³-hybridized carbons (Fsp3) is 0.0625. The van der Waals surface area contributed by atoms with E-state index < -0.39 is 17.3 Å². The smallest absolute Gasteiger partial charge is 0.343 e. The highest BCUT2D eigenvalue weighted by molar-refractivity contribution is 7.08. The van der Waals surface area contributed by atoms with Crippen LogP contribution in [0, 0.1) is 0 Å². The summed E-state index contributed by atoms with van der Waals surface area (Å²) in [5.74, 6) is -2.09. The van der Waals surface area contributed by atoms with Gasteiger partial charge >= 0.3 is 5.97 Å². The Balaban J connectivity index is 1.88. The first-order valence-electron chi connectivity index (χ1n) is 6.83. The number of nitrogens with zero attached hydrogens (tertiary/aromatic N) is 1. The van der Waals surface area contributed by atoms with Crippen molar-refractivity contribution < 1.29 is 19.2 Å². The predicted molar refractivity (Wildman–Crippen MR) is 90.4 cm³/mol. The van der Waals surface area contributed by atoms with Crippen LogP contribution in [-0.2, 0) is 4.79 Å². The van der Waals surface area contributed by atoms with Crippen molar-refractivity contribution in [2.45, 2.75) is 5.38 Å². The molecule has 3 rings (SSSR count). The van der Waals surface area contributed by atoms with Crippen molar-refractivity contribution in [1.82, 2.24) is 5.16 Å². The summed E-state index contributed by atoms with van der Waals surface area (Å²) < 4.78 is 5.02. The van der Waals surface area contributed by atoms with Crippen molar-refractivity contribution in [3.05, 3.63) is 58.3 Å². The first kappa shape index (κ1) is 16.2. The third kappa shape index (κ3) is 3.17. The number of benzene rings is 1. The molecule has 0 bridgehead atoms. The SMILES string of the molecule is O=C(O)c1c(-c2ccsc2)noc1NC(=O)C(Cl)c1ccccc1. The van der Waals surface area contributed by atoms with Crippen LogP contribution in [0.3, 0.4) is 0 Å². The summed E-state index contributed by atoms with van der Waals surface area (Å²) in [6.07, 6.45) is 0. The molecule has 2 aromatic heterocycles. The Morgan fingerprint density at radius 3 is 2.62 bits per heavy atom. The van der Waals surface area contributed by atoms with Crippen LogP contribution in [0.15, 0.2) is 51.7 Å². The molecule has 2 N–H and O–H groups in total. The maximum Gasteiger partial charge on any atom is 0.343 e. The number of hydrogen-bond donors (Lipinski definition) is 2. The maximum atomic E-state index is 12.3. The normalized spacial score (nSPS) is 11.9.